The number of ketones is 1. The lowest BCUT2D eigenvalue weighted by molar-refractivity contribution is -0.136. The second kappa shape index (κ2) is 12.9. The van der Waals surface area contributed by atoms with Gasteiger partial charge in [-0.2, -0.15) is 0 Å². The number of carbonyl (C=O) groups is 2. The third-order valence-electron chi connectivity index (χ3n) is 7.30. The van der Waals surface area contributed by atoms with Gasteiger partial charge in [-0.05, 0) is 63.7 Å². The zero-order valence-electron chi connectivity index (χ0n) is 23.1. The molecule has 1 aromatic heterocycles. The smallest absolute Gasteiger partial charge is 0.309 e. The van der Waals surface area contributed by atoms with Gasteiger partial charge in [-0.15, -0.1) is 0 Å². The Labute approximate surface area is 225 Å². The molecule has 0 unspecified atom stereocenters. The van der Waals surface area contributed by atoms with E-state index in [0.717, 1.165) is 42.7 Å². The van der Waals surface area contributed by atoms with E-state index in [1.807, 2.05) is 43.3 Å². The predicted octanol–water partition coefficient (Wildman–Crippen LogP) is 4.83. The molecule has 0 radical (unpaired) electrons. The lowest BCUT2D eigenvalue weighted by atomic mass is 9.71. The van der Waals surface area contributed by atoms with Crippen molar-refractivity contribution in [2.24, 2.45) is 13.0 Å². The van der Waals surface area contributed by atoms with E-state index in [4.69, 9.17) is 9.84 Å². The van der Waals surface area contributed by atoms with Gasteiger partial charge in [0.1, 0.15) is 5.75 Å². The fourth-order valence-corrected chi connectivity index (χ4v) is 5.15. The highest BCUT2D eigenvalue weighted by molar-refractivity contribution is 6.08. The van der Waals surface area contributed by atoms with Crippen molar-refractivity contribution in [1.29, 1.82) is 0 Å². The van der Waals surface area contributed by atoms with E-state index in [1.165, 1.54) is 6.42 Å². The van der Waals surface area contributed by atoms with Gasteiger partial charge in [-0.3, -0.25) is 9.59 Å². The standard InChI is InChI=1S/C16H25NO2.C15H15NO3/c1-17(2)12-14-7-4-5-10-16(14,18)13-8-6-9-15(11-13)19-3;1-10-3-5-11(6-4-10)15(19)13-8-7-12(16(13)2)9-14(17)18/h6,8-9,11,14,18H,4-5,7,10,12H2,1-3H3;3-8H,9H2,1-2H3,(H,17,18)/t14-,16+;/m1./s1. The molecule has 1 saturated carbocycles. The monoisotopic (exact) mass is 520 g/mol. The van der Waals surface area contributed by atoms with Crippen LogP contribution in [0.1, 0.15) is 58.6 Å². The zero-order valence-corrected chi connectivity index (χ0v) is 23.1. The topological polar surface area (TPSA) is 92.0 Å². The van der Waals surface area contributed by atoms with Crippen LogP contribution < -0.4 is 4.74 Å². The molecule has 2 atom stereocenters. The number of aryl methyl sites for hydroxylation is 1. The highest BCUT2D eigenvalue weighted by atomic mass is 16.5. The molecule has 7 nitrogen and oxygen atoms in total. The van der Waals surface area contributed by atoms with Gasteiger partial charge in [0.15, 0.2) is 0 Å². The Morgan fingerprint density at radius 3 is 2.42 bits per heavy atom. The molecule has 0 amide bonds. The number of nitrogens with zero attached hydrogens (tertiary/aromatic N) is 2. The maximum Gasteiger partial charge on any atom is 0.309 e. The summed E-state index contributed by atoms with van der Waals surface area (Å²) in [6.45, 7) is 2.88. The highest BCUT2D eigenvalue weighted by Gasteiger charge is 2.40. The summed E-state index contributed by atoms with van der Waals surface area (Å²) < 4.78 is 6.92. The van der Waals surface area contributed by atoms with E-state index >= 15 is 0 Å². The summed E-state index contributed by atoms with van der Waals surface area (Å²) >= 11 is 0. The molecule has 4 rings (SSSR count). The first-order chi connectivity index (χ1) is 18.0. The van der Waals surface area contributed by atoms with Crippen LogP contribution in [0.4, 0.5) is 0 Å². The molecule has 1 fully saturated rings. The minimum absolute atomic E-state index is 0.0856. The fourth-order valence-electron chi connectivity index (χ4n) is 5.15. The number of carbonyl (C=O) groups excluding carboxylic acids is 1. The number of aromatic nitrogens is 1. The minimum atomic E-state index is -0.907. The molecule has 7 heteroatoms. The first-order valence-electron chi connectivity index (χ1n) is 13.0. The number of carboxylic acid groups (broad SMARTS) is 1. The van der Waals surface area contributed by atoms with Gasteiger partial charge >= 0.3 is 5.97 Å². The van der Waals surface area contributed by atoms with Gasteiger partial charge in [0.05, 0.1) is 24.8 Å². The lowest BCUT2D eigenvalue weighted by Gasteiger charge is -2.41. The van der Waals surface area contributed by atoms with Gasteiger partial charge < -0.3 is 24.4 Å². The van der Waals surface area contributed by atoms with Crippen molar-refractivity contribution < 1.29 is 24.5 Å². The van der Waals surface area contributed by atoms with E-state index in [1.54, 1.807) is 43.0 Å². The van der Waals surface area contributed by atoms with Crippen LogP contribution in [0.2, 0.25) is 0 Å². The molecule has 0 bridgehead atoms. The molecule has 0 saturated heterocycles. The molecular weight excluding hydrogens is 480 g/mol. The largest absolute Gasteiger partial charge is 0.497 e. The summed E-state index contributed by atoms with van der Waals surface area (Å²) in [6, 6.07) is 18.6. The summed E-state index contributed by atoms with van der Waals surface area (Å²) in [5.74, 6) is 0.109. The van der Waals surface area contributed by atoms with Gasteiger partial charge in [0.2, 0.25) is 5.78 Å². The van der Waals surface area contributed by atoms with Crippen LogP contribution in [0.3, 0.4) is 0 Å². The number of methoxy groups -OCH3 is 1. The second-order valence-corrected chi connectivity index (χ2v) is 10.4. The van der Waals surface area contributed by atoms with Crippen molar-refractivity contribution in [3.8, 4) is 5.75 Å². The first kappa shape index (κ1) is 29.1. The number of aliphatic hydroxyl groups is 1. The van der Waals surface area contributed by atoms with Crippen molar-refractivity contribution in [1.82, 2.24) is 9.47 Å². The van der Waals surface area contributed by atoms with Crippen LogP contribution in [0.5, 0.6) is 5.75 Å². The lowest BCUT2D eigenvalue weighted by Crippen LogP contribution is -2.43. The SMILES string of the molecule is COc1cccc([C@@]2(O)CCCC[C@@H]2CN(C)C)c1.Cc1ccc(C(=O)c2ccc(CC(=O)O)n2C)cc1. The van der Waals surface area contributed by atoms with E-state index in [0.29, 0.717) is 22.9 Å². The fraction of sp³-hybridized carbons (Fsp3) is 0.419. The number of rotatable bonds is 8. The Morgan fingerprint density at radius 2 is 1.79 bits per heavy atom. The maximum atomic E-state index is 12.3. The average Bonchev–Trinajstić information content (AvgIpc) is 3.25. The second-order valence-electron chi connectivity index (χ2n) is 10.4. The molecule has 2 aromatic carbocycles. The summed E-state index contributed by atoms with van der Waals surface area (Å²) in [5.41, 5.74) is 3.10. The van der Waals surface area contributed by atoms with Gasteiger partial charge in [0, 0.05) is 30.8 Å². The van der Waals surface area contributed by atoms with Crippen LogP contribution in [-0.2, 0) is 23.9 Å². The summed E-state index contributed by atoms with van der Waals surface area (Å²) in [7, 11) is 7.52. The number of benzene rings is 2. The van der Waals surface area contributed by atoms with E-state index in [-0.39, 0.29) is 12.2 Å². The average molecular weight is 521 g/mol. The third-order valence-corrected chi connectivity index (χ3v) is 7.30. The third kappa shape index (κ3) is 7.11. The Balaban J connectivity index is 0.000000211. The van der Waals surface area contributed by atoms with Gasteiger partial charge in [-0.25, -0.2) is 0 Å². The number of hydrogen-bond donors (Lipinski definition) is 2. The Hall–Kier alpha value is -3.42. The summed E-state index contributed by atoms with van der Waals surface area (Å²) in [6.07, 6.45) is 4.16. The van der Waals surface area contributed by atoms with Crippen LogP contribution in [0.15, 0.2) is 60.7 Å². The zero-order chi connectivity index (χ0) is 27.9. The van der Waals surface area contributed by atoms with E-state index in [9.17, 15) is 14.7 Å². The quantitative estimate of drug-likeness (QED) is 0.414. The van der Waals surface area contributed by atoms with Crippen molar-refractivity contribution in [2.75, 3.05) is 27.7 Å². The van der Waals surface area contributed by atoms with Crippen LogP contribution in [0.25, 0.3) is 0 Å². The predicted molar refractivity (Wildman–Crippen MR) is 149 cm³/mol. The van der Waals surface area contributed by atoms with E-state index in [2.05, 4.69) is 19.0 Å². The Kier molecular flexibility index (Phi) is 9.89. The molecule has 38 heavy (non-hydrogen) atoms. The molecule has 204 valence electrons. The van der Waals surface area contributed by atoms with Crippen LogP contribution >= 0.6 is 0 Å². The number of aliphatic carboxylic acids is 1. The van der Waals surface area contributed by atoms with E-state index < -0.39 is 11.6 Å². The Bertz CT molecular complexity index is 1230. The number of carboxylic acids is 1. The Morgan fingerprint density at radius 1 is 1.08 bits per heavy atom. The number of ether oxygens (including phenoxy) is 1. The summed E-state index contributed by atoms with van der Waals surface area (Å²) in [4.78, 5) is 25.2. The van der Waals surface area contributed by atoms with Crippen LogP contribution in [-0.4, -0.2) is 59.2 Å². The highest BCUT2D eigenvalue weighted by Crippen LogP contribution is 2.42. The molecule has 1 aliphatic carbocycles. The molecule has 1 heterocycles. The van der Waals surface area contributed by atoms with Gasteiger partial charge in [-0.1, -0.05) is 54.8 Å². The molecule has 0 spiro atoms. The minimum Gasteiger partial charge on any atom is -0.497 e. The number of hydrogen-bond acceptors (Lipinski definition) is 5. The normalized spacial score (nSPS) is 19.0. The van der Waals surface area contributed by atoms with Crippen molar-refractivity contribution in [3.05, 3.63) is 88.7 Å². The summed E-state index contributed by atoms with van der Waals surface area (Å²) in [5, 5.41) is 20.0. The van der Waals surface area contributed by atoms with Crippen molar-refractivity contribution >= 4 is 11.8 Å². The molecule has 3 aromatic rings. The maximum absolute atomic E-state index is 12.3. The molecule has 2 N–H and O–H groups in total. The molecular formula is C31H40N2O5. The van der Waals surface area contributed by atoms with Crippen LogP contribution in [0, 0.1) is 12.8 Å². The molecule has 1 aliphatic rings. The van der Waals surface area contributed by atoms with Crippen molar-refractivity contribution in [2.45, 2.75) is 44.6 Å². The first-order valence-corrected chi connectivity index (χ1v) is 13.0. The van der Waals surface area contributed by atoms with Crippen molar-refractivity contribution in [3.63, 3.8) is 0 Å². The molecule has 0 aliphatic heterocycles. The van der Waals surface area contributed by atoms with Gasteiger partial charge in [0.25, 0.3) is 0 Å².